The predicted octanol–water partition coefficient (Wildman–Crippen LogP) is 3.20. The van der Waals surface area contributed by atoms with Crippen LogP contribution in [-0.4, -0.2) is 40.3 Å². The first-order chi connectivity index (χ1) is 12.7. The van der Waals surface area contributed by atoms with Crippen molar-refractivity contribution in [2.24, 2.45) is 0 Å². The largest absolute Gasteiger partial charge is 0.481 e. The zero-order valence-corrected chi connectivity index (χ0v) is 15.1. The van der Waals surface area contributed by atoms with E-state index in [9.17, 15) is 0 Å². The number of halogens is 1. The van der Waals surface area contributed by atoms with Crippen LogP contribution in [0.1, 0.15) is 11.1 Å². The third-order valence-corrected chi connectivity index (χ3v) is 3.98. The Morgan fingerprint density at radius 3 is 2.54 bits per heavy atom. The lowest BCUT2D eigenvalue weighted by Gasteiger charge is -2.10. The van der Waals surface area contributed by atoms with Gasteiger partial charge in [-0.2, -0.15) is 0 Å². The molecule has 0 bridgehead atoms. The number of pyridine rings is 1. The first-order valence-electron chi connectivity index (χ1n) is 8.14. The van der Waals surface area contributed by atoms with Crippen LogP contribution in [0.3, 0.4) is 0 Å². The Labute approximate surface area is 156 Å². The Kier molecular flexibility index (Phi) is 5.99. The van der Waals surface area contributed by atoms with Gasteiger partial charge in [-0.1, -0.05) is 23.7 Å². The van der Waals surface area contributed by atoms with E-state index >= 15 is 0 Å². The lowest BCUT2D eigenvalue weighted by Crippen LogP contribution is -2.08. The highest BCUT2D eigenvalue weighted by Gasteiger charge is 2.10. The van der Waals surface area contributed by atoms with Crippen LogP contribution in [0.4, 0.5) is 5.95 Å². The number of rotatable bonds is 7. The van der Waals surface area contributed by atoms with E-state index in [1.807, 2.05) is 30.3 Å². The van der Waals surface area contributed by atoms with Gasteiger partial charge in [-0.05, 0) is 34.9 Å². The molecule has 0 saturated carbocycles. The van der Waals surface area contributed by atoms with Gasteiger partial charge in [-0.3, -0.25) is 0 Å². The molecule has 0 saturated heterocycles. The fourth-order valence-corrected chi connectivity index (χ4v) is 2.75. The average Bonchev–Trinajstić information content (AvgIpc) is 2.67. The maximum Gasteiger partial charge on any atom is 0.222 e. The zero-order valence-electron chi connectivity index (χ0n) is 14.3. The molecule has 2 aromatic heterocycles. The number of benzene rings is 1. The molecular weight excluding hydrogens is 352 g/mol. The molecule has 2 N–H and O–H groups in total. The van der Waals surface area contributed by atoms with E-state index in [2.05, 4.69) is 20.3 Å². The summed E-state index contributed by atoms with van der Waals surface area (Å²) >= 11 is 6.11. The summed E-state index contributed by atoms with van der Waals surface area (Å²) < 4.78 is 5.39. The molecule has 0 aliphatic carbocycles. The van der Waals surface area contributed by atoms with Crippen LogP contribution in [0.25, 0.3) is 11.1 Å². The van der Waals surface area contributed by atoms with Crippen LogP contribution in [0.15, 0.2) is 48.9 Å². The highest BCUT2D eigenvalue weighted by atomic mass is 35.5. The van der Waals surface area contributed by atoms with Gasteiger partial charge >= 0.3 is 0 Å². The van der Waals surface area contributed by atoms with Crippen LogP contribution in [0, 0.1) is 0 Å². The van der Waals surface area contributed by atoms with Crippen molar-refractivity contribution in [3.63, 3.8) is 0 Å². The topological polar surface area (TPSA) is 80.2 Å². The van der Waals surface area contributed by atoms with Crippen molar-refractivity contribution < 1.29 is 9.84 Å². The molecule has 0 spiro atoms. The number of hydrogen-bond acceptors (Lipinski definition) is 6. The minimum atomic E-state index is 0.0366. The van der Waals surface area contributed by atoms with Gasteiger partial charge in [0.25, 0.3) is 0 Å². The van der Waals surface area contributed by atoms with Crippen molar-refractivity contribution >= 4 is 17.5 Å². The molecule has 1 aromatic carbocycles. The molecule has 0 atom stereocenters. The van der Waals surface area contributed by atoms with Gasteiger partial charge in [0.1, 0.15) is 0 Å². The van der Waals surface area contributed by atoms with E-state index in [0.717, 1.165) is 22.3 Å². The number of ether oxygens (including phenoxy) is 1. The molecule has 6 nitrogen and oxygen atoms in total. The normalized spacial score (nSPS) is 10.6. The minimum absolute atomic E-state index is 0.0366. The van der Waals surface area contributed by atoms with Crippen molar-refractivity contribution in [1.29, 1.82) is 0 Å². The van der Waals surface area contributed by atoms with Crippen LogP contribution in [0.5, 0.6) is 5.88 Å². The van der Waals surface area contributed by atoms with E-state index in [0.29, 0.717) is 29.8 Å². The van der Waals surface area contributed by atoms with Crippen molar-refractivity contribution in [1.82, 2.24) is 15.0 Å². The Bertz CT molecular complexity index is 872. The molecule has 2 heterocycles. The molecule has 0 aliphatic heterocycles. The number of aliphatic hydroxyl groups is 1. The van der Waals surface area contributed by atoms with Crippen molar-refractivity contribution in [3.05, 3.63) is 65.1 Å². The molecule has 3 aromatic rings. The quantitative estimate of drug-likeness (QED) is 0.664. The fraction of sp³-hybridized carbons (Fsp3) is 0.211. The monoisotopic (exact) mass is 370 g/mol. The standard InChI is InChI=1S/C19H19ClN4O2/c1-26-18-17(15-3-2-4-16(20)9-15)8-13(10-22-18)7-14-11-23-19(24-12-14)21-5-6-25/h2-4,8-12,25H,5-7H2,1H3,(H,21,23,24). The van der Waals surface area contributed by atoms with Crippen LogP contribution < -0.4 is 10.1 Å². The zero-order chi connectivity index (χ0) is 18.4. The second kappa shape index (κ2) is 8.60. The van der Waals surface area contributed by atoms with Crippen LogP contribution in [0.2, 0.25) is 5.02 Å². The maximum atomic E-state index is 8.81. The minimum Gasteiger partial charge on any atom is -0.481 e. The van der Waals surface area contributed by atoms with Gasteiger partial charge in [0.05, 0.1) is 13.7 Å². The molecule has 0 aliphatic rings. The Morgan fingerprint density at radius 1 is 1.08 bits per heavy atom. The molecule has 0 unspecified atom stereocenters. The van der Waals surface area contributed by atoms with Gasteiger partial charge in [0.15, 0.2) is 0 Å². The summed E-state index contributed by atoms with van der Waals surface area (Å²) in [6, 6.07) is 9.62. The van der Waals surface area contributed by atoms with Crippen molar-refractivity contribution in [2.75, 3.05) is 25.6 Å². The number of aliphatic hydroxyl groups excluding tert-OH is 1. The van der Waals surface area contributed by atoms with Gasteiger partial charge in [-0.15, -0.1) is 0 Å². The molecular formula is C19H19ClN4O2. The first-order valence-corrected chi connectivity index (χ1v) is 8.52. The van der Waals surface area contributed by atoms with Gasteiger partial charge < -0.3 is 15.2 Å². The number of nitrogens with one attached hydrogen (secondary N) is 1. The summed E-state index contributed by atoms with van der Waals surface area (Å²) in [4.78, 5) is 12.9. The summed E-state index contributed by atoms with van der Waals surface area (Å²) in [5.74, 6) is 1.05. The van der Waals surface area contributed by atoms with E-state index in [1.54, 1.807) is 25.7 Å². The molecule has 0 amide bonds. The second-order valence-electron chi connectivity index (χ2n) is 5.65. The number of nitrogens with zero attached hydrogens (tertiary/aromatic N) is 3. The smallest absolute Gasteiger partial charge is 0.222 e. The van der Waals surface area contributed by atoms with E-state index < -0.39 is 0 Å². The summed E-state index contributed by atoms with van der Waals surface area (Å²) in [5, 5.41) is 12.4. The van der Waals surface area contributed by atoms with Gasteiger partial charge in [0.2, 0.25) is 11.8 Å². The first kappa shape index (κ1) is 18.1. The molecule has 0 radical (unpaired) electrons. The van der Waals surface area contributed by atoms with E-state index in [-0.39, 0.29) is 6.61 Å². The molecule has 3 rings (SSSR count). The lowest BCUT2D eigenvalue weighted by molar-refractivity contribution is 0.311. The van der Waals surface area contributed by atoms with Gasteiger partial charge in [-0.25, -0.2) is 15.0 Å². The summed E-state index contributed by atoms with van der Waals surface area (Å²) in [6.45, 7) is 0.458. The molecule has 26 heavy (non-hydrogen) atoms. The number of aromatic nitrogens is 3. The molecule has 134 valence electrons. The van der Waals surface area contributed by atoms with Gasteiger partial charge in [0, 0.05) is 42.1 Å². The van der Waals surface area contributed by atoms with Crippen molar-refractivity contribution in [2.45, 2.75) is 6.42 Å². The highest BCUT2D eigenvalue weighted by molar-refractivity contribution is 6.30. The summed E-state index contributed by atoms with van der Waals surface area (Å²) in [7, 11) is 1.60. The van der Waals surface area contributed by atoms with E-state index in [4.69, 9.17) is 21.4 Å². The van der Waals surface area contributed by atoms with Crippen LogP contribution in [-0.2, 0) is 6.42 Å². The van der Waals surface area contributed by atoms with Crippen LogP contribution >= 0.6 is 11.6 Å². The second-order valence-corrected chi connectivity index (χ2v) is 6.09. The Balaban J connectivity index is 1.83. The molecule has 0 fully saturated rings. The SMILES string of the molecule is COc1ncc(Cc2cnc(NCCO)nc2)cc1-c1cccc(Cl)c1. The van der Waals surface area contributed by atoms with E-state index in [1.165, 1.54) is 0 Å². The third kappa shape index (κ3) is 4.47. The maximum absolute atomic E-state index is 8.81. The Morgan fingerprint density at radius 2 is 1.85 bits per heavy atom. The molecule has 7 heteroatoms. The summed E-state index contributed by atoms with van der Waals surface area (Å²) in [6.07, 6.45) is 5.95. The summed E-state index contributed by atoms with van der Waals surface area (Å²) in [5.41, 5.74) is 3.81. The number of methoxy groups -OCH3 is 1. The third-order valence-electron chi connectivity index (χ3n) is 3.75. The number of anilines is 1. The fourth-order valence-electron chi connectivity index (χ4n) is 2.56. The average molecular weight is 371 g/mol. The highest BCUT2D eigenvalue weighted by Crippen LogP contribution is 2.31. The predicted molar refractivity (Wildman–Crippen MR) is 102 cm³/mol. The number of hydrogen-bond donors (Lipinski definition) is 2. The Hall–Kier alpha value is -2.70. The van der Waals surface area contributed by atoms with Crippen molar-refractivity contribution in [3.8, 4) is 17.0 Å². The lowest BCUT2D eigenvalue weighted by atomic mass is 10.0.